The summed E-state index contributed by atoms with van der Waals surface area (Å²) in [5.74, 6) is 0. The van der Waals surface area contributed by atoms with Crippen LogP contribution in [0.3, 0.4) is 0 Å². The third kappa shape index (κ3) is 9.57. The van der Waals surface area contributed by atoms with Crippen molar-refractivity contribution in [2.75, 3.05) is 0 Å². The number of benzene rings is 19. The van der Waals surface area contributed by atoms with Gasteiger partial charge in [0.2, 0.25) is 0 Å². The summed E-state index contributed by atoms with van der Waals surface area (Å²) in [7, 11) is 0. The molecule has 564 valence electrons. The molecule has 0 unspecified atom stereocenters. The minimum Gasteiger partial charge on any atom is -0.309 e. The first-order valence-corrected chi connectivity index (χ1v) is 42.3. The number of para-hydroxylation sites is 4. The van der Waals surface area contributed by atoms with E-state index in [1.165, 1.54) is 193 Å². The van der Waals surface area contributed by atoms with Crippen LogP contribution in [0.5, 0.6) is 0 Å². The number of aromatic nitrogens is 4. The Morgan fingerprint density at radius 3 is 0.844 bits per heavy atom. The highest BCUT2D eigenvalue weighted by Gasteiger charge is 2.54. The van der Waals surface area contributed by atoms with Gasteiger partial charge in [0.25, 0.3) is 0 Å². The lowest BCUT2D eigenvalue weighted by atomic mass is 9.70. The van der Waals surface area contributed by atoms with E-state index in [9.17, 15) is 0 Å². The Balaban J connectivity index is 0.000000132. The highest BCUT2D eigenvalue weighted by molar-refractivity contribution is 6.22. The summed E-state index contributed by atoms with van der Waals surface area (Å²) in [6, 6.07) is 161. The number of fused-ring (bicyclic) bond motifs is 34. The third-order valence-corrected chi connectivity index (χ3v) is 27.2. The van der Waals surface area contributed by atoms with Crippen LogP contribution < -0.4 is 0 Å². The molecule has 4 heteroatoms. The first-order valence-electron chi connectivity index (χ1n) is 42.3. The van der Waals surface area contributed by atoms with Crippen LogP contribution in [0.1, 0.15) is 44.5 Å². The van der Waals surface area contributed by atoms with Crippen molar-refractivity contribution in [3.8, 4) is 112 Å². The maximum absolute atomic E-state index is 5.48. The Bertz CT molecular complexity index is 8110. The summed E-state index contributed by atoms with van der Waals surface area (Å²) in [4.78, 5) is 10.9. The molecule has 2 spiro atoms. The summed E-state index contributed by atoms with van der Waals surface area (Å²) in [6.45, 7) is 0. The van der Waals surface area contributed by atoms with Gasteiger partial charge in [-0.05, 0) is 195 Å². The van der Waals surface area contributed by atoms with E-state index in [-0.39, 0.29) is 0 Å². The molecule has 0 radical (unpaired) electrons. The van der Waals surface area contributed by atoms with Crippen LogP contribution in [-0.2, 0) is 10.8 Å². The van der Waals surface area contributed by atoms with E-state index in [2.05, 4.69) is 446 Å². The van der Waals surface area contributed by atoms with Crippen LogP contribution in [0, 0.1) is 0 Å². The molecule has 4 nitrogen and oxygen atoms in total. The lowest BCUT2D eigenvalue weighted by molar-refractivity contribution is 0.794. The van der Waals surface area contributed by atoms with E-state index in [0.717, 1.165) is 50.3 Å². The average molecular weight is 1550 g/mol. The molecule has 0 atom stereocenters. The fraction of sp³-hybridized carbons (Fsp3) is 0.0169. The number of hydrogen-bond acceptors (Lipinski definition) is 2. The van der Waals surface area contributed by atoms with E-state index < -0.39 is 10.8 Å². The summed E-state index contributed by atoms with van der Waals surface area (Å²) < 4.78 is 4.79. The molecule has 4 aliphatic carbocycles. The highest BCUT2D eigenvalue weighted by atomic mass is 15.0. The lowest BCUT2D eigenvalue weighted by Crippen LogP contribution is -2.25. The fourth-order valence-corrected chi connectivity index (χ4v) is 22.2. The van der Waals surface area contributed by atoms with Gasteiger partial charge in [-0.15, -0.1) is 0 Å². The summed E-state index contributed by atoms with van der Waals surface area (Å²) in [5.41, 5.74) is 41.0. The van der Waals surface area contributed by atoms with Crippen molar-refractivity contribution < 1.29 is 0 Å². The zero-order valence-electron chi connectivity index (χ0n) is 66.4. The molecule has 0 bridgehead atoms. The number of rotatable bonds is 7. The van der Waals surface area contributed by atoms with Gasteiger partial charge in [-0.3, -0.25) is 0 Å². The normalized spacial score (nSPS) is 13.2. The van der Waals surface area contributed by atoms with Gasteiger partial charge < -0.3 is 9.13 Å². The Labute approximate surface area is 705 Å². The predicted molar refractivity (Wildman–Crippen MR) is 507 cm³/mol. The first-order chi connectivity index (χ1) is 60.5. The predicted octanol–water partition coefficient (Wildman–Crippen LogP) is 30.0. The van der Waals surface area contributed by atoms with Crippen LogP contribution in [0.2, 0.25) is 0 Å². The highest BCUT2D eigenvalue weighted by Crippen LogP contribution is 2.67. The minimum atomic E-state index is -0.411. The number of nitrogens with zero attached hydrogens (tertiary/aromatic N) is 4. The van der Waals surface area contributed by atoms with Gasteiger partial charge in [0.15, 0.2) is 0 Å². The smallest absolute Gasteiger partial charge is 0.0788 e. The van der Waals surface area contributed by atoms with Crippen LogP contribution in [0.15, 0.2) is 437 Å². The number of hydrogen-bond donors (Lipinski definition) is 0. The summed E-state index contributed by atoms with van der Waals surface area (Å²) >= 11 is 0. The largest absolute Gasteiger partial charge is 0.309 e. The van der Waals surface area contributed by atoms with Crippen molar-refractivity contribution in [1.29, 1.82) is 0 Å². The van der Waals surface area contributed by atoms with Gasteiger partial charge in [-0.25, -0.2) is 9.97 Å². The van der Waals surface area contributed by atoms with Crippen molar-refractivity contribution in [2.45, 2.75) is 10.8 Å². The lowest BCUT2D eigenvalue weighted by Gasteiger charge is -2.30. The molecule has 27 rings (SSSR count). The van der Waals surface area contributed by atoms with Gasteiger partial charge in [0, 0.05) is 76.4 Å². The van der Waals surface area contributed by atoms with Gasteiger partial charge >= 0.3 is 0 Å². The second-order valence-electron chi connectivity index (χ2n) is 33.1. The van der Waals surface area contributed by atoms with E-state index in [1.807, 2.05) is 0 Å². The van der Waals surface area contributed by atoms with Gasteiger partial charge in [-0.2, -0.15) is 0 Å². The molecular weight excluding hydrogens is 1470 g/mol. The molecule has 0 aliphatic heterocycles. The summed E-state index contributed by atoms with van der Waals surface area (Å²) in [5, 5.41) is 12.3. The van der Waals surface area contributed by atoms with Crippen LogP contribution in [0.4, 0.5) is 0 Å². The van der Waals surface area contributed by atoms with Crippen LogP contribution >= 0.6 is 0 Å². The molecule has 4 heterocycles. The molecule has 19 aromatic carbocycles. The third-order valence-electron chi connectivity index (χ3n) is 27.2. The first kappa shape index (κ1) is 68.2. The molecule has 4 aliphatic rings. The van der Waals surface area contributed by atoms with Gasteiger partial charge in [0.1, 0.15) is 0 Å². The Morgan fingerprint density at radius 1 is 0.172 bits per heavy atom. The van der Waals surface area contributed by atoms with Crippen molar-refractivity contribution in [3.63, 3.8) is 0 Å². The Kier molecular flexibility index (Phi) is 14.7. The van der Waals surface area contributed by atoms with E-state index in [4.69, 9.17) is 9.97 Å². The molecule has 4 aromatic heterocycles. The maximum atomic E-state index is 5.48. The molecule has 23 aromatic rings. The quantitative estimate of drug-likeness (QED) is 0.149. The molecule has 0 saturated heterocycles. The summed E-state index contributed by atoms with van der Waals surface area (Å²) in [6.07, 6.45) is 0. The zero-order valence-corrected chi connectivity index (χ0v) is 66.4. The van der Waals surface area contributed by atoms with Crippen molar-refractivity contribution >= 4 is 87.0 Å². The minimum absolute atomic E-state index is 0.392. The van der Waals surface area contributed by atoms with Crippen LogP contribution in [0.25, 0.3) is 199 Å². The van der Waals surface area contributed by atoms with Crippen molar-refractivity contribution in [3.05, 3.63) is 481 Å². The monoisotopic (exact) mass is 1540 g/mol. The second kappa shape index (κ2) is 26.3. The molecular formula is C118H72N4. The Hall–Kier alpha value is -15.9. The molecule has 122 heavy (non-hydrogen) atoms. The van der Waals surface area contributed by atoms with Crippen LogP contribution in [-0.4, -0.2) is 19.1 Å². The standard InChI is InChI=1S/C62H38N2.C56H34N2/c1-3-15-39(16-4-1)42-29-35-57-50(37-42)51-38-43(40-17-5-2-6-18-40)30-36-58(51)64(57)44-31-27-41(28-32-44)61-49-33-34-55-60(59(49)48-22-10-14-26-56(48)63-61)47-21-9-13-25-54(47)62(55)52-23-11-7-19-45(52)46-20-8-12-24-53(46)62;1-7-19-46-39(13-1)40-14-2-8-20-47(40)56(46)48-21-9-3-17-43(48)54-49(56)34-33-45-53(54)44-18-4-10-22-50(44)57-55(45)37-27-25-35(26-28-37)36-29-31-38(32-30-36)58-51-23-11-5-15-41(51)42-16-6-12-24-52(42)58/h1-38H;1-34H. The zero-order chi connectivity index (χ0) is 79.9. The van der Waals surface area contributed by atoms with E-state index >= 15 is 0 Å². The molecule has 0 amide bonds. The maximum Gasteiger partial charge on any atom is 0.0788 e. The van der Waals surface area contributed by atoms with Crippen molar-refractivity contribution in [1.82, 2.24) is 19.1 Å². The fourth-order valence-electron chi connectivity index (χ4n) is 22.2. The van der Waals surface area contributed by atoms with Gasteiger partial charge in [-0.1, -0.05) is 364 Å². The molecule has 0 saturated carbocycles. The number of pyridine rings is 2. The van der Waals surface area contributed by atoms with E-state index in [0.29, 0.717) is 0 Å². The SMILES string of the molecule is c1ccc(-c2ccc3c(c2)c2cc(-c4ccccc4)ccc2n3-c2ccc(-c3nc4ccccc4c4c5c(ccc34)C3(c4ccccc4-c4ccccc43)c3ccccc3-5)cc2)cc1.c1ccc2c(c1)-c1ccccc1C21c2ccccc2-c2c1ccc1c(-c3ccc(-c4ccc(-n5c6ccccc6c6ccccc65)cc4)cc3)nc3ccccc3c21. The van der Waals surface area contributed by atoms with E-state index in [1.54, 1.807) is 0 Å². The Morgan fingerprint density at radius 2 is 0.451 bits per heavy atom. The van der Waals surface area contributed by atoms with Gasteiger partial charge in [0.05, 0.1) is 55.3 Å². The molecule has 0 fully saturated rings. The topological polar surface area (TPSA) is 35.6 Å². The molecule has 0 N–H and O–H groups in total. The second-order valence-corrected chi connectivity index (χ2v) is 33.1. The van der Waals surface area contributed by atoms with Crippen molar-refractivity contribution in [2.24, 2.45) is 0 Å². The average Bonchev–Trinajstić information content (AvgIpc) is 1.50.